The van der Waals surface area contributed by atoms with Crippen molar-refractivity contribution >= 4 is 31.5 Å². The summed E-state index contributed by atoms with van der Waals surface area (Å²) in [6.07, 6.45) is 8.41. The second kappa shape index (κ2) is 7.80. The van der Waals surface area contributed by atoms with E-state index in [-0.39, 0.29) is 0 Å². The van der Waals surface area contributed by atoms with E-state index in [1.165, 1.54) is 0 Å². The lowest BCUT2D eigenvalue weighted by Crippen LogP contribution is -2.51. The molecular weight excluding hydrogens is 371 g/mol. The highest BCUT2D eigenvalue weighted by atomic mass is 35.5. The zero-order valence-corrected chi connectivity index (χ0v) is 18.8. The first-order valence-electron chi connectivity index (χ1n) is 9.35. The van der Waals surface area contributed by atoms with Gasteiger partial charge in [0.2, 0.25) is 8.32 Å². The van der Waals surface area contributed by atoms with Crippen LogP contribution in [0.4, 0.5) is 0 Å². The maximum Gasteiger partial charge on any atom is 0.201 e. The molecule has 0 aromatic carbocycles. The lowest BCUT2D eigenvalue weighted by Gasteiger charge is -2.44. The summed E-state index contributed by atoms with van der Waals surface area (Å²) in [6.45, 7) is 13.7. The zero-order valence-electron chi connectivity index (χ0n) is 16.3. The number of hydrogen-bond acceptors (Lipinski definition) is 2. The van der Waals surface area contributed by atoms with Crippen molar-refractivity contribution in [2.75, 3.05) is 0 Å². The molecule has 1 aromatic rings. The number of furan rings is 1. The van der Waals surface area contributed by atoms with E-state index in [0.717, 1.165) is 18.6 Å². The topological polar surface area (TPSA) is 22.4 Å². The molecule has 1 aromatic heterocycles. The first-order chi connectivity index (χ1) is 11.6. The highest BCUT2D eigenvalue weighted by Crippen LogP contribution is 2.63. The van der Waals surface area contributed by atoms with Gasteiger partial charge < -0.3 is 8.84 Å². The van der Waals surface area contributed by atoms with E-state index in [2.05, 4.69) is 53.7 Å². The Labute approximate surface area is 164 Å². The summed E-state index contributed by atoms with van der Waals surface area (Å²) in [4.78, 5) is 0. The van der Waals surface area contributed by atoms with Crippen LogP contribution in [0.3, 0.4) is 0 Å². The van der Waals surface area contributed by atoms with Gasteiger partial charge in [0, 0.05) is 12.8 Å². The Morgan fingerprint density at radius 2 is 1.72 bits per heavy atom. The summed E-state index contributed by atoms with van der Waals surface area (Å²) in [5.74, 6) is 0.994. The van der Waals surface area contributed by atoms with Crippen LogP contribution >= 0.6 is 23.2 Å². The second-order valence-corrected chi connectivity index (χ2v) is 15.1. The van der Waals surface area contributed by atoms with Crippen LogP contribution in [0.5, 0.6) is 0 Å². The molecule has 25 heavy (non-hydrogen) atoms. The van der Waals surface area contributed by atoms with Crippen LogP contribution in [0, 0.1) is 0 Å². The standard InChI is InChI=1S/C20H32Cl2O2Si/c1-15(2)25(16(3)4,17(5)6)24-19(14-20(19,21)22)12-8-7-10-18-11-9-13-23-18/h8-9,11-13,15-17H,7,10,14H2,1-6H3/b12-8+. The third-order valence-electron chi connectivity index (χ3n) is 5.57. The summed E-state index contributed by atoms with van der Waals surface area (Å²) in [6, 6.07) is 3.92. The Balaban J connectivity index is 2.16. The molecule has 1 atom stereocenters. The van der Waals surface area contributed by atoms with Crippen molar-refractivity contribution in [2.45, 2.75) is 87.4 Å². The summed E-state index contributed by atoms with van der Waals surface area (Å²) < 4.78 is 11.5. The minimum absolute atomic E-state index is 0.505. The first kappa shape index (κ1) is 21.1. The number of aryl methyl sites for hydroxylation is 1. The molecule has 1 aliphatic carbocycles. The highest BCUT2D eigenvalue weighted by Gasteiger charge is 2.69. The fourth-order valence-electron chi connectivity index (χ4n) is 4.23. The maximum atomic E-state index is 6.94. The Kier molecular flexibility index (Phi) is 6.57. The monoisotopic (exact) mass is 402 g/mol. The largest absolute Gasteiger partial charge is 0.469 e. The van der Waals surface area contributed by atoms with Gasteiger partial charge in [-0.1, -0.05) is 76.9 Å². The highest BCUT2D eigenvalue weighted by molar-refractivity contribution is 6.78. The molecule has 1 heterocycles. The number of halogens is 2. The van der Waals surface area contributed by atoms with Gasteiger partial charge in [-0.3, -0.25) is 0 Å². The molecule has 1 fully saturated rings. The van der Waals surface area contributed by atoms with Gasteiger partial charge in [-0.05, 0) is 35.2 Å². The lowest BCUT2D eigenvalue weighted by atomic mass is 10.2. The summed E-state index contributed by atoms with van der Waals surface area (Å²) in [7, 11) is -2.04. The SMILES string of the molecule is CC(C)[Si](OC1(/C=C/CCc2ccco2)CC1(Cl)Cl)(C(C)C)C(C)C. The third kappa shape index (κ3) is 4.21. The number of allylic oxidation sites excluding steroid dienone is 1. The molecular formula is C20H32Cl2O2Si. The van der Waals surface area contributed by atoms with Crippen LogP contribution in [0.1, 0.15) is 60.1 Å². The van der Waals surface area contributed by atoms with Crippen LogP contribution < -0.4 is 0 Å². The maximum absolute atomic E-state index is 6.94. The van der Waals surface area contributed by atoms with Gasteiger partial charge in [0.1, 0.15) is 11.4 Å². The molecule has 0 bridgehead atoms. The number of hydrogen-bond donors (Lipinski definition) is 0. The van der Waals surface area contributed by atoms with Gasteiger partial charge in [-0.25, -0.2) is 0 Å². The van der Waals surface area contributed by atoms with Crippen LogP contribution in [0.25, 0.3) is 0 Å². The smallest absolute Gasteiger partial charge is 0.201 e. The minimum Gasteiger partial charge on any atom is -0.469 e. The molecule has 1 aliphatic rings. The van der Waals surface area contributed by atoms with Crippen molar-refractivity contribution < 1.29 is 8.84 Å². The molecule has 142 valence electrons. The third-order valence-corrected chi connectivity index (χ3v) is 12.6. The number of alkyl halides is 2. The molecule has 0 saturated heterocycles. The molecule has 2 nitrogen and oxygen atoms in total. The van der Waals surface area contributed by atoms with E-state index < -0.39 is 18.3 Å². The van der Waals surface area contributed by atoms with Crippen molar-refractivity contribution in [3.05, 3.63) is 36.3 Å². The normalized spacial score (nSPS) is 23.3. The molecule has 0 aliphatic heterocycles. The molecule has 0 radical (unpaired) electrons. The van der Waals surface area contributed by atoms with Gasteiger partial charge in [0.05, 0.1) is 6.26 Å². The lowest BCUT2D eigenvalue weighted by molar-refractivity contribution is 0.194. The fourth-order valence-corrected chi connectivity index (χ4v) is 10.6. The Morgan fingerprint density at radius 3 is 2.12 bits per heavy atom. The molecule has 0 amide bonds. The van der Waals surface area contributed by atoms with Crippen LogP contribution in [-0.4, -0.2) is 18.3 Å². The fraction of sp³-hybridized carbons (Fsp3) is 0.700. The zero-order chi connectivity index (χ0) is 18.9. The Morgan fingerprint density at radius 1 is 1.16 bits per heavy atom. The van der Waals surface area contributed by atoms with Gasteiger partial charge >= 0.3 is 0 Å². The van der Waals surface area contributed by atoms with Crippen molar-refractivity contribution in [3.63, 3.8) is 0 Å². The van der Waals surface area contributed by atoms with Crippen molar-refractivity contribution in [1.82, 2.24) is 0 Å². The average Bonchev–Trinajstić information content (AvgIpc) is 2.87. The van der Waals surface area contributed by atoms with E-state index >= 15 is 0 Å². The van der Waals surface area contributed by atoms with Gasteiger partial charge in [-0.15, -0.1) is 0 Å². The van der Waals surface area contributed by atoms with Crippen molar-refractivity contribution in [2.24, 2.45) is 0 Å². The van der Waals surface area contributed by atoms with Crippen molar-refractivity contribution in [3.8, 4) is 0 Å². The van der Waals surface area contributed by atoms with Crippen LogP contribution in [0.2, 0.25) is 16.6 Å². The Bertz CT molecular complexity index is 557. The molecule has 0 N–H and O–H groups in total. The Hall–Kier alpha value is -0.223. The van der Waals surface area contributed by atoms with E-state index in [1.807, 2.05) is 12.1 Å². The molecule has 1 unspecified atom stereocenters. The van der Waals surface area contributed by atoms with E-state index in [9.17, 15) is 0 Å². The quantitative estimate of drug-likeness (QED) is 0.246. The molecule has 5 heteroatoms. The predicted molar refractivity (Wildman–Crippen MR) is 110 cm³/mol. The molecule has 0 spiro atoms. The summed E-state index contributed by atoms with van der Waals surface area (Å²) >= 11 is 13.1. The molecule has 2 rings (SSSR count). The van der Waals surface area contributed by atoms with Gasteiger partial charge in [0.25, 0.3) is 0 Å². The second-order valence-electron chi connectivity index (χ2n) is 8.21. The summed E-state index contributed by atoms with van der Waals surface area (Å²) in [5, 5.41) is 0. The minimum atomic E-state index is -2.04. The van der Waals surface area contributed by atoms with E-state index in [4.69, 9.17) is 32.0 Å². The average molecular weight is 403 g/mol. The predicted octanol–water partition coefficient (Wildman–Crippen LogP) is 7.28. The van der Waals surface area contributed by atoms with E-state index in [1.54, 1.807) is 6.26 Å². The number of rotatable bonds is 9. The van der Waals surface area contributed by atoms with Gasteiger partial charge in [-0.2, -0.15) is 0 Å². The first-order valence-corrected chi connectivity index (χ1v) is 12.2. The van der Waals surface area contributed by atoms with Gasteiger partial charge in [0.15, 0.2) is 4.33 Å². The van der Waals surface area contributed by atoms with Crippen LogP contribution in [0.15, 0.2) is 35.0 Å². The molecule has 1 saturated carbocycles. The van der Waals surface area contributed by atoms with Crippen LogP contribution in [-0.2, 0) is 10.8 Å². The summed E-state index contributed by atoms with van der Waals surface area (Å²) in [5.41, 5.74) is 0.978. The van der Waals surface area contributed by atoms with Crippen molar-refractivity contribution in [1.29, 1.82) is 0 Å². The van der Waals surface area contributed by atoms with E-state index in [0.29, 0.717) is 23.0 Å².